The molecule has 1 atom stereocenters. The number of amides is 1. The SMILES string of the molecule is C[CH-]C(C)N([C-]=[W])C(=O)COC(C)=O.[V+2]. The maximum Gasteiger partial charge on any atom is 2.00 e. The summed E-state index contributed by atoms with van der Waals surface area (Å²) in [5.74, 6) is -0.698. The van der Waals surface area contributed by atoms with Gasteiger partial charge in [0, 0.05) is 0 Å². The Hall–Kier alpha value is 0.0827. The van der Waals surface area contributed by atoms with Gasteiger partial charge in [-0.15, -0.1) is 0 Å². The van der Waals surface area contributed by atoms with Gasteiger partial charge < -0.3 is 0 Å². The minimum absolute atomic E-state index is 0. The van der Waals surface area contributed by atoms with Gasteiger partial charge in [-0.05, 0) is 0 Å². The van der Waals surface area contributed by atoms with Gasteiger partial charge >= 0.3 is 113 Å². The molecular weight excluding hydrogens is 405 g/mol. The molecule has 0 fully saturated rings. The zero-order chi connectivity index (χ0) is 11.1. The summed E-state index contributed by atoms with van der Waals surface area (Å²) in [4.78, 5) is 23.4. The predicted octanol–water partition coefficient (Wildman–Crippen LogP) is 0.172. The number of hydrogen-bond donors (Lipinski definition) is 0. The quantitative estimate of drug-likeness (QED) is 0.364. The van der Waals surface area contributed by atoms with E-state index in [1.54, 1.807) is 0 Å². The molecule has 1 amide bonds. The minimum atomic E-state index is -0.449. The predicted molar refractivity (Wildman–Crippen MR) is 47.9 cm³/mol. The van der Waals surface area contributed by atoms with Gasteiger partial charge in [0.2, 0.25) is 0 Å². The van der Waals surface area contributed by atoms with Crippen molar-refractivity contribution in [3.8, 4) is 0 Å². The Labute approximate surface area is 113 Å². The fourth-order valence-corrected chi connectivity index (χ4v) is 1.71. The number of esters is 1. The van der Waals surface area contributed by atoms with Crippen LogP contribution < -0.4 is 0 Å². The molecule has 0 heterocycles. The molecule has 4 nitrogen and oxygen atoms in total. The van der Waals surface area contributed by atoms with Crippen LogP contribution in [0.1, 0.15) is 20.8 Å². The van der Waals surface area contributed by atoms with Gasteiger partial charge in [-0.2, -0.15) is 0 Å². The van der Waals surface area contributed by atoms with E-state index in [0.717, 1.165) is 19.4 Å². The van der Waals surface area contributed by atoms with Gasteiger partial charge in [0.25, 0.3) is 0 Å². The second-order valence-electron chi connectivity index (χ2n) is 2.71. The molecule has 0 aromatic heterocycles. The maximum atomic E-state index is 11.5. The van der Waals surface area contributed by atoms with E-state index in [0.29, 0.717) is 0 Å². The summed E-state index contributed by atoms with van der Waals surface area (Å²) in [6, 6.07) is -0.0180. The number of hydrogen-bond acceptors (Lipinski definition) is 3. The van der Waals surface area contributed by atoms with Gasteiger partial charge in [-0.3, -0.25) is 0 Å². The van der Waals surface area contributed by atoms with Crippen molar-refractivity contribution in [3.05, 3.63) is 6.42 Å². The van der Waals surface area contributed by atoms with E-state index in [2.05, 4.69) is 9.26 Å². The summed E-state index contributed by atoms with van der Waals surface area (Å²) < 4.78 is 7.43. The molecule has 0 saturated heterocycles. The first kappa shape index (κ1) is 17.5. The number of carbonyl (C=O) groups excluding carboxylic acids is 2. The summed E-state index contributed by atoms with van der Waals surface area (Å²) in [6.07, 6.45) is 1.88. The summed E-state index contributed by atoms with van der Waals surface area (Å²) in [7, 11) is 0. The first-order valence-corrected chi connectivity index (χ1v) is 5.62. The molecule has 83 valence electrons. The van der Waals surface area contributed by atoms with E-state index < -0.39 is 5.97 Å². The Kier molecular flexibility index (Phi) is 10.9. The molecule has 1 unspecified atom stereocenters. The van der Waals surface area contributed by atoms with Crippen molar-refractivity contribution in [2.75, 3.05) is 6.61 Å². The summed E-state index contributed by atoms with van der Waals surface area (Å²) in [6.45, 7) is 4.80. The first-order chi connectivity index (χ1) is 6.52. The van der Waals surface area contributed by atoms with E-state index in [4.69, 9.17) is 0 Å². The summed E-state index contributed by atoms with van der Waals surface area (Å²) >= 11 is 1.06. The number of rotatable bonds is 5. The molecule has 6 heteroatoms. The van der Waals surface area contributed by atoms with Crippen LogP contribution in [-0.2, 0) is 52.2 Å². The van der Waals surface area contributed by atoms with Crippen LogP contribution in [-0.4, -0.2) is 33.9 Å². The molecule has 0 N–H and O–H groups in total. The fraction of sp³-hybridized carbons (Fsp3) is 0.556. The van der Waals surface area contributed by atoms with E-state index in [1.807, 2.05) is 20.3 Å². The zero-order valence-electron chi connectivity index (χ0n) is 8.89. The van der Waals surface area contributed by atoms with Crippen molar-refractivity contribution >= 4 is 16.4 Å². The smallest absolute Gasteiger partial charge is 2.00 e. The van der Waals surface area contributed by atoms with Gasteiger partial charge in [-0.1, -0.05) is 0 Å². The molecule has 0 aromatic rings. The van der Waals surface area contributed by atoms with Crippen molar-refractivity contribution in [1.82, 2.24) is 4.90 Å². The number of ether oxygens (including phenoxy) is 1. The fourth-order valence-electron chi connectivity index (χ4n) is 0.743. The minimum Gasteiger partial charge on any atom is 2.00 e. The van der Waals surface area contributed by atoms with Crippen LogP contribution in [0.25, 0.3) is 0 Å². The van der Waals surface area contributed by atoms with E-state index in [9.17, 15) is 9.59 Å². The maximum absolute atomic E-state index is 11.5. The molecule has 0 saturated carbocycles. The summed E-state index contributed by atoms with van der Waals surface area (Å²) in [5, 5.41) is 0. The van der Waals surface area contributed by atoms with Crippen molar-refractivity contribution in [1.29, 1.82) is 0 Å². The Morgan fingerprint density at radius 2 is 2.13 bits per heavy atom. The molecule has 0 rings (SSSR count). The molecule has 1 radical (unpaired) electrons. The Morgan fingerprint density at radius 3 is 2.47 bits per heavy atom. The number of carbonyl (C=O) groups is 2. The monoisotopic (exact) mass is 418 g/mol. The average Bonchev–Trinajstić information content (AvgIpc) is 2.15. The molecule has 0 spiro atoms. The molecule has 0 bridgehead atoms. The van der Waals surface area contributed by atoms with Gasteiger partial charge in [0.05, 0.1) is 0 Å². The van der Waals surface area contributed by atoms with Crippen LogP contribution in [0.4, 0.5) is 0 Å². The third-order valence-corrected chi connectivity index (χ3v) is 2.36. The largest absolute Gasteiger partial charge is 2.00 e. The normalized spacial score (nSPS) is 10.9. The van der Waals surface area contributed by atoms with Gasteiger partial charge in [-0.25, -0.2) is 0 Å². The summed E-state index contributed by atoms with van der Waals surface area (Å²) in [5.41, 5.74) is 0. The van der Waals surface area contributed by atoms with Crippen LogP contribution in [0.15, 0.2) is 0 Å². The second kappa shape index (κ2) is 9.32. The van der Waals surface area contributed by atoms with Crippen molar-refractivity contribution in [3.63, 3.8) is 0 Å². The first-order valence-electron chi connectivity index (χ1n) is 4.15. The molecule has 15 heavy (non-hydrogen) atoms. The van der Waals surface area contributed by atoms with Crippen LogP contribution in [0, 0.1) is 6.42 Å². The Bertz CT molecular complexity index is 235. The van der Waals surface area contributed by atoms with Gasteiger partial charge in [0.1, 0.15) is 0 Å². The Balaban J connectivity index is 0. The molecule has 0 aliphatic carbocycles. The second-order valence-corrected chi connectivity index (χ2v) is 3.37. The molecule has 0 aliphatic heterocycles. The van der Waals surface area contributed by atoms with Crippen molar-refractivity contribution in [2.45, 2.75) is 26.8 Å². The number of nitrogens with zero attached hydrogens (tertiary/aromatic N) is 1. The third kappa shape index (κ3) is 7.05. The standard InChI is InChI=1S/C9H13NO3.V.W/c1-5-7(2)10(4)9(12)6-13-8(3)11;;/h5,7H,6H2,1-3H3;;/q-2;+2;. The van der Waals surface area contributed by atoms with Crippen molar-refractivity contribution < 1.29 is 52.2 Å². The molecular formula is C9H13NO3VW. The molecule has 0 aliphatic rings. The third-order valence-electron chi connectivity index (χ3n) is 1.66. The Morgan fingerprint density at radius 1 is 1.60 bits per heavy atom. The van der Waals surface area contributed by atoms with Crippen LogP contribution in [0.5, 0.6) is 0 Å². The van der Waals surface area contributed by atoms with E-state index in [1.165, 1.54) is 11.8 Å². The average molecular weight is 418 g/mol. The van der Waals surface area contributed by atoms with Crippen LogP contribution >= 0.6 is 0 Å². The van der Waals surface area contributed by atoms with E-state index >= 15 is 0 Å². The zero-order valence-corrected chi connectivity index (χ0v) is 13.2. The van der Waals surface area contributed by atoms with Gasteiger partial charge in [0.15, 0.2) is 0 Å². The van der Waals surface area contributed by atoms with Crippen molar-refractivity contribution in [2.24, 2.45) is 0 Å². The molecule has 0 aromatic carbocycles. The van der Waals surface area contributed by atoms with Crippen LogP contribution in [0.2, 0.25) is 0 Å². The topological polar surface area (TPSA) is 46.6 Å². The van der Waals surface area contributed by atoms with E-state index in [-0.39, 0.29) is 37.1 Å². The van der Waals surface area contributed by atoms with Crippen LogP contribution in [0.3, 0.4) is 0 Å².